The van der Waals surface area contributed by atoms with Gasteiger partial charge in [-0.05, 0) is 43.7 Å². The largest absolute Gasteiger partial charge is 0.463 e. The second kappa shape index (κ2) is 10.1. The number of hydrogen-bond donors (Lipinski definition) is 1. The van der Waals surface area contributed by atoms with Crippen molar-refractivity contribution in [2.75, 3.05) is 17.7 Å². The van der Waals surface area contributed by atoms with Gasteiger partial charge in [-0.25, -0.2) is 9.48 Å². The number of benzene rings is 2. The average Bonchev–Trinajstić information content (AvgIpc) is 3.20. The number of Topliss-reactive ketones (excluding diaryl/α,β-unsaturated/α-hetero) is 1. The third-order valence-electron chi connectivity index (χ3n) is 5.01. The lowest BCUT2D eigenvalue weighted by molar-refractivity contribution is -0.139. The molecule has 1 N–H and O–H groups in total. The fraction of sp³-hybridized carbons (Fsp3) is 0.217. The van der Waals surface area contributed by atoms with E-state index in [1.165, 1.54) is 11.8 Å². The number of nitrogens with zero attached hydrogens (tertiary/aromatic N) is 3. The molecule has 0 saturated heterocycles. The number of nitrogens with one attached hydrogen (secondary N) is 1. The second-order valence-electron chi connectivity index (χ2n) is 7.22. The summed E-state index contributed by atoms with van der Waals surface area (Å²) >= 11 is 10.7. The highest BCUT2D eigenvalue weighted by Gasteiger charge is 2.35. The van der Waals surface area contributed by atoms with Crippen LogP contribution in [0.25, 0.3) is 0 Å². The number of allylic oxidation sites excluding steroid dienone is 1. The lowest BCUT2D eigenvalue weighted by Crippen LogP contribution is -2.29. The molecule has 2 heterocycles. The van der Waals surface area contributed by atoms with E-state index in [0.717, 1.165) is 10.0 Å². The number of thioether (sulfide) groups is 1. The molecule has 1 aliphatic rings. The zero-order chi connectivity index (χ0) is 23.5. The van der Waals surface area contributed by atoms with E-state index in [4.69, 9.17) is 16.3 Å². The van der Waals surface area contributed by atoms with Crippen LogP contribution in [0.2, 0.25) is 5.02 Å². The van der Waals surface area contributed by atoms with Gasteiger partial charge < -0.3 is 10.1 Å². The zero-order valence-corrected chi connectivity index (χ0v) is 21.0. The number of esters is 1. The maximum atomic E-state index is 12.8. The van der Waals surface area contributed by atoms with E-state index in [1.54, 1.807) is 42.8 Å². The molecule has 0 aliphatic carbocycles. The summed E-state index contributed by atoms with van der Waals surface area (Å²) in [5.41, 5.74) is 2.51. The van der Waals surface area contributed by atoms with Crippen molar-refractivity contribution in [3.8, 4) is 0 Å². The standard InChI is InChI=1S/C23H20BrClN4O3S/c1-3-32-21(31)19-13(2)26-22-27-23(33-12-18(30)14-4-8-16(24)9-5-14)28-29(22)20(19)15-6-10-17(25)11-7-15/h4-11,20H,3,12H2,1-2H3,(H,26,27,28)/t20-/m0/s1. The van der Waals surface area contributed by atoms with Gasteiger partial charge in [0, 0.05) is 20.8 Å². The number of ether oxygens (including phenoxy) is 1. The fourth-order valence-corrected chi connectivity index (χ4v) is 4.58. The first kappa shape index (κ1) is 23.5. The summed E-state index contributed by atoms with van der Waals surface area (Å²) < 4.78 is 7.87. The Labute approximate surface area is 208 Å². The van der Waals surface area contributed by atoms with Crippen LogP contribution in [0.15, 0.2) is 69.4 Å². The highest BCUT2D eigenvalue weighted by molar-refractivity contribution is 9.10. The summed E-state index contributed by atoms with van der Waals surface area (Å²) in [5, 5.41) is 8.78. The van der Waals surface area contributed by atoms with Gasteiger partial charge in [0.1, 0.15) is 6.04 Å². The molecule has 2 aromatic carbocycles. The van der Waals surface area contributed by atoms with Crippen molar-refractivity contribution in [1.29, 1.82) is 0 Å². The molecule has 0 saturated carbocycles. The first-order chi connectivity index (χ1) is 15.9. The van der Waals surface area contributed by atoms with Crippen LogP contribution in [-0.4, -0.2) is 38.9 Å². The number of fused-ring (bicyclic) bond motifs is 1. The second-order valence-corrected chi connectivity index (χ2v) is 9.51. The molecule has 0 spiro atoms. The van der Waals surface area contributed by atoms with Crippen LogP contribution < -0.4 is 5.32 Å². The fourth-order valence-electron chi connectivity index (χ4n) is 3.47. The van der Waals surface area contributed by atoms with Crippen LogP contribution in [0, 0.1) is 0 Å². The molecule has 1 atom stereocenters. The third kappa shape index (κ3) is 5.15. The first-order valence-electron chi connectivity index (χ1n) is 10.2. The highest BCUT2D eigenvalue weighted by Crippen LogP contribution is 2.37. The van der Waals surface area contributed by atoms with Crippen molar-refractivity contribution >= 4 is 57.0 Å². The molecule has 0 bridgehead atoms. The maximum absolute atomic E-state index is 12.8. The number of carbonyl (C=O) groups excluding carboxylic acids is 2. The minimum absolute atomic E-state index is 0.0241. The Hall–Kier alpha value is -2.62. The molecule has 10 heteroatoms. The third-order valence-corrected chi connectivity index (χ3v) is 6.63. The van der Waals surface area contributed by atoms with Crippen LogP contribution in [0.3, 0.4) is 0 Å². The van der Waals surface area contributed by atoms with E-state index in [1.807, 2.05) is 24.3 Å². The number of rotatable bonds is 7. The predicted molar refractivity (Wildman–Crippen MR) is 132 cm³/mol. The van der Waals surface area contributed by atoms with Crippen LogP contribution in [0.5, 0.6) is 0 Å². The molecule has 1 aliphatic heterocycles. The lowest BCUT2D eigenvalue weighted by atomic mass is 9.96. The minimum atomic E-state index is -0.540. The molecule has 0 radical (unpaired) electrons. The Morgan fingerprint density at radius 1 is 1.18 bits per heavy atom. The van der Waals surface area contributed by atoms with Gasteiger partial charge in [-0.3, -0.25) is 4.79 Å². The van der Waals surface area contributed by atoms with E-state index >= 15 is 0 Å². The Morgan fingerprint density at radius 3 is 2.55 bits per heavy atom. The lowest BCUT2D eigenvalue weighted by Gasteiger charge is -2.28. The van der Waals surface area contributed by atoms with Crippen molar-refractivity contribution in [1.82, 2.24) is 14.8 Å². The van der Waals surface area contributed by atoms with Crippen LogP contribution >= 0.6 is 39.3 Å². The van der Waals surface area contributed by atoms with Crippen molar-refractivity contribution in [3.63, 3.8) is 0 Å². The number of anilines is 1. The molecule has 4 rings (SSSR count). The molecular weight excluding hydrogens is 528 g/mol. The quantitative estimate of drug-likeness (QED) is 0.237. The van der Waals surface area contributed by atoms with Gasteiger partial charge in [-0.15, -0.1) is 5.10 Å². The van der Waals surface area contributed by atoms with Crippen molar-refractivity contribution in [3.05, 3.63) is 80.4 Å². The van der Waals surface area contributed by atoms with E-state index < -0.39 is 12.0 Å². The SMILES string of the molecule is CCOC(=O)C1=C(C)Nc2nc(SCC(=O)c3ccc(Br)cc3)nn2[C@H]1c1ccc(Cl)cc1. The molecule has 3 aromatic rings. The smallest absolute Gasteiger partial charge is 0.338 e. The van der Waals surface area contributed by atoms with Gasteiger partial charge in [0.2, 0.25) is 11.1 Å². The van der Waals surface area contributed by atoms with E-state index in [0.29, 0.717) is 33.0 Å². The predicted octanol–water partition coefficient (Wildman–Crippen LogP) is 5.52. The minimum Gasteiger partial charge on any atom is -0.463 e. The van der Waals surface area contributed by atoms with E-state index in [-0.39, 0.29) is 18.1 Å². The molecule has 7 nitrogen and oxygen atoms in total. The van der Waals surface area contributed by atoms with Crippen molar-refractivity contribution in [2.45, 2.75) is 25.0 Å². The summed E-state index contributed by atoms with van der Waals surface area (Å²) in [4.78, 5) is 29.9. The molecule has 0 amide bonds. The number of hydrogen-bond acceptors (Lipinski definition) is 7. The van der Waals surface area contributed by atoms with Gasteiger partial charge in [0.05, 0.1) is 17.9 Å². The molecular formula is C23H20BrClN4O3S. The Kier molecular flexibility index (Phi) is 7.21. The number of halogens is 2. The molecule has 1 aromatic heterocycles. The summed E-state index contributed by atoms with van der Waals surface area (Å²) in [6.07, 6.45) is 0. The summed E-state index contributed by atoms with van der Waals surface area (Å²) in [5.74, 6) is 0.222. The van der Waals surface area contributed by atoms with Gasteiger partial charge in [-0.2, -0.15) is 4.98 Å². The van der Waals surface area contributed by atoms with E-state index in [9.17, 15) is 9.59 Å². The Bertz CT molecular complexity index is 1230. The molecule has 0 fully saturated rings. The molecule has 33 heavy (non-hydrogen) atoms. The van der Waals surface area contributed by atoms with Gasteiger partial charge in [0.25, 0.3) is 0 Å². The van der Waals surface area contributed by atoms with E-state index in [2.05, 4.69) is 31.3 Å². The van der Waals surface area contributed by atoms with Crippen LogP contribution in [-0.2, 0) is 9.53 Å². The van der Waals surface area contributed by atoms with Crippen molar-refractivity contribution in [2.24, 2.45) is 0 Å². The maximum Gasteiger partial charge on any atom is 0.338 e. The summed E-state index contributed by atoms with van der Waals surface area (Å²) in [6, 6.07) is 13.9. The first-order valence-corrected chi connectivity index (χ1v) is 12.3. The van der Waals surface area contributed by atoms with Crippen molar-refractivity contribution < 1.29 is 14.3 Å². The van der Waals surface area contributed by atoms with Gasteiger partial charge in [-0.1, -0.05) is 63.6 Å². The Morgan fingerprint density at radius 2 is 1.88 bits per heavy atom. The zero-order valence-electron chi connectivity index (χ0n) is 17.8. The molecule has 0 unspecified atom stereocenters. The normalized spacial score (nSPS) is 15.1. The highest BCUT2D eigenvalue weighted by atomic mass is 79.9. The van der Waals surface area contributed by atoms with Gasteiger partial charge >= 0.3 is 5.97 Å². The number of aromatic nitrogens is 3. The average molecular weight is 548 g/mol. The summed E-state index contributed by atoms with van der Waals surface area (Å²) in [6.45, 7) is 3.82. The topological polar surface area (TPSA) is 86.1 Å². The molecule has 170 valence electrons. The van der Waals surface area contributed by atoms with Gasteiger partial charge in [0.15, 0.2) is 5.78 Å². The monoisotopic (exact) mass is 546 g/mol. The van der Waals surface area contributed by atoms with Crippen LogP contribution in [0.1, 0.15) is 35.8 Å². The summed E-state index contributed by atoms with van der Waals surface area (Å²) in [7, 11) is 0. The van der Waals surface area contributed by atoms with Crippen LogP contribution in [0.4, 0.5) is 5.95 Å². The number of ketones is 1. The Balaban J connectivity index is 1.63. The number of carbonyl (C=O) groups is 2.